The number of halogens is 1. The number of carbonyl (C=O) groups excluding carboxylic acids is 1. The normalized spacial score (nSPS) is 10.0. The third-order valence-corrected chi connectivity index (χ3v) is 2.98. The summed E-state index contributed by atoms with van der Waals surface area (Å²) in [5.74, 6) is -0.256. The maximum atomic E-state index is 12.0. The standard InChI is InChI=1S/C14H11ClN2O2/c1-9-7-13(11(15)8-12(9)17-19)16-14(18)10-5-3-2-4-6-10/h2-8H,1H3,(H,16,18). The van der Waals surface area contributed by atoms with Gasteiger partial charge in [0, 0.05) is 5.56 Å². The van der Waals surface area contributed by atoms with E-state index in [4.69, 9.17) is 11.6 Å². The van der Waals surface area contributed by atoms with Crippen molar-refractivity contribution < 1.29 is 4.79 Å². The third kappa shape index (κ3) is 2.98. The molecule has 2 aromatic rings. The van der Waals surface area contributed by atoms with Crippen molar-refractivity contribution in [2.45, 2.75) is 6.92 Å². The molecule has 0 aliphatic rings. The highest BCUT2D eigenvalue weighted by Crippen LogP contribution is 2.30. The van der Waals surface area contributed by atoms with Gasteiger partial charge in [-0.15, -0.1) is 4.91 Å². The first kappa shape index (κ1) is 13.2. The highest BCUT2D eigenvalue weighted by atomic mass is 35.5. The molecule has 1 N–H and O–H groups in total. The quantitative estimate of drug-likeness (QED) is 0.848. The molecular weight excluding hydrogens is 264 g/mol. The number of nitrogens with one attached hydrogen (secondary N) is 1. The minimum atomic E-state index is -0.256. The van der Waals surface area contributed by atoms with Crippen molar-refractivity contribution in [2.75, 3.05) is 5.32 Å². The Morgan fingerprint density at radius 1 is 1.21 bits per heavy atom. The fraction of sp³-hybridized carbons (Fsp3) is 0.0714. The first-order valence-electron chi connectivity index (χ1n) is 5.61. The van der Waals surface area contributed by atoms with Crippen LogP contribution in [0.1, 0.15) is 15.9 Å². The molecule has 0 saturated carbocycles. The van der Waals surface area contributed by atoms with Gasteiger partial charge in [0.05, 0.1) is 10.7 Å². The van der Waals surface area contributed by atoms with Crippen LogP contribution < -0.4 is 5.32 Å². The van der Waals surface area contributed by atoms with E-state index in [9.17, 15) is 9.70 Å². The van der Waals surface area contributed by atoms with Crippen LogP contribution in [0.5, 0.6) is 0 Å². The number of anilines is 1. The molecular formula is C14H11ClN2O2. The second-order valence-electron chi connectivity index (χ2n) is 4.03. The zero-order valence-corrected chi connectivity index (χ0v) is 10.9. The van der Waals surface area contributed by atoms with Gasteiger partial charge >= 0.3 is 0 Å². The number of amides is 1. The Kier molecular flexibility index (Phi) is 3.92. The number of hydrogen-bond donors (Lipinski definition) is 1. The van der Waals surface area contributed by atoms with Gasteiger partial charge in [0.1, 0.15) is 5.69 Å². The molecule has 0 spiro atoms. The average molecular weight is 275 g/mol. The topological polar surface area (TPSA) is 58.5 Å². The summed E-state index contributed by atoms with van der Waals surface area (Å²) in [5.41, 5.74) is 1.92. The van der Waals surface area contributed by atoms with Crippen LogP contribution >= 0.6 is 11.6 Å². The van der Waals surface area contributed by atoms with Gasteiger partial charge in [-0.25, -0.2) is 0 Å². The third-order valence-electron chi connectivity index (χ3n) is 2.67. The fourth-order valence-electron chi connectivity index (χ4n) is 1.65. The average Bonchev–Trinajstić information content (AvgIpc) is 2.43. The maximum absolute atomic E-state index is 12.0. The fourth-order valence-corrected chi connectivity index (χ4v) is 1.85. The van der Waals surface area contributed by atoms with Crippen LogP contribution in [-0.4, -0.2) is 5.91 Å². The van der Waals surface area contributed by atoms with Crippen LogP contribution in [0.15, 0.2) is 47.6 Å². The van der Waals surface area contributed by atoms with E-state index in [1.165, 1.54) is 6.07 Å². The predicted molar refractivity (Wildman–Crippen MR) is 76.0 cm³/mol. The smallest absolute Gasteiger partial charge is 0.255 e. The molecule has 0 bridgehead atoms. The largest absolute Gasteiger partial charge is 0.321 e. The summed E-state index contributed by atoms with van der Waals surface area (Å²) in [6, 6.07) is 11.9. The van der Waals surface area contributed by atoms with Crippen LogP contribution in [0.25, 0.3) is 0 Å². The molecule has 0 aliphatic heterocycles. The van der Waals surface area contributed by atoms with E-state index in [0.29, 0.717) is 16.8 Å². The lowest BCUT2D eigenvalue weighted by Crippen LogP contribution is -2.12. The van der Waals surface area contributed by atoms with Gasteiger partial charge in [0.15, 0.2) is 0 Å². The summed E-state index contributed by atoms with van der Waals surface area (Å²) in [6.45, 7) is 1.73. The zero-order valence-electron chi connectivity index (χ0n) is 10.2. The monoisotopic (exact) mass is 274 g/mol. The Morgan fingerprint density at radius 2 is 1.89 bits per heavy atom. The minimum Gasteiger partial charge on any atom is -0.321 e. The summed E-state index contributed by atoms with van der Waals surface area (Å²) in [6.07, 6.45) is 0. The summed E-state index contributed by atoms with van der Waals surface area (Å²) in [4.78, 5) is 22.5. The lowest BCUT2D eigenvalue weighted by Gasteiger charge is -2.09. The van der Waals surface area contributed by atoms with Crippen LogP contribution in [0.2, 0.25) is 5.02 Å². The first-order chi connectivity index (χ1) is 9.11. The SMILES string of the molecule is Cc1cc(NC(=O)c2ccccc2)c(Cl)cc1N=O. The summed E-state index contributed by atoms with van der Waals surface area (Å²) in [5, 5.41) is 5.85. The van der Waals surface area contributed by atoms with Crippen LogP contribution in [0, 0.1) is 11.8 Å². The number of rotatable bonds is 3. The number of aryl methyl sites for hydroxylation is 1. The van der Waals surface area contributed by atoms with Crippen molar-refractivity contribution in [3.8, 4) is 0 Å². The molecule has 0 heterocycles. The Balaban J connectivity index is 2.27. The highest BCUT2D eigenvalue weighted by Gasteiger charge is 2.10. The van der Waals surface area contributed by atoms with E-state index in [-0.39, 0.29) is 16.6 Å². The lowest BCUT2D eigenvalue weighted by molar-refractivity contribution is 0.102. The van der Waals surface area contributed by atoms with Crippen molar-refractivity contribution in [2.24, 2.45) is 5.18 Å². The Hall–Kier alpha value is -2.20. The molecule has 0 aromatic heterocycles. The molecule has 0 unspecified atom stereocenters. The summed E-state index contributed by atoms with van der Waals surface area (Å²) < 4.78 is 0. The minimum absolute atomic E-state index is 0.256. The van der Waals surface area contributed by atoms with Gasteiger partial charge < -0.3 is 5.32 Å². The van der Waals surface area contributed by atoms with E-state index >= 15 is 0 Å². The van der Waals surface area contributed by atoms with Gasteiger partial charge in [-0.2, -0.15) is 0 Å². The van der Waals surface area contributed by atoms with Crippen molar-refractivity contribution in [3.63, 3.8) is 0 Å². The molecule has 0 radical (unpaired) electrons. The number of nitrogens with zero attached hydrogens (tertiary/aromatic N) is 1. The Labute approximate surface area is 115 Å². The van der Waals surface area contributed by atoms with Gasteiger partial charge in [-0.05, 0) is 41.9 Å². The van der Waals surface area contributed by atoms with Gasteiger partial charge in [0.25, 0.3) is 5.91 Å². The molecule has 19 heavy (non-hydrogen) atoms. The summed E-state index contributed by atoms with van der Waals surface area (Å²) in [7, 11) is 0. The van der Waals surface area contributed by atoms with Crippen molar-refractivity contribution in [1.82, 2.24) is 0 Å². The van der Waals surface area contributed by atoms with Crippen molar-refractivity contribution in [3.05, 3.63) is 63.5 Å². The van der Waals surface area contributed by atoms with E-state index in [1.807, 2.05) is 6.07 Å². The maximum Gasteiger partial charge on any atom is 0.255 e. The molecule has 2 aromatic carbocycles. The van der Waals surface area contributed by atoms with Gasteiger partial charge in [0.2, 0.25) is 0 Å². The van der Waals surface area contributed by atoms with Gasteiger partial charge in [-0.3, -0.25) is 4.79 Å². The van der Waals surface area contributed by atoms with Crippen molar-refractivity contribution in [1.29, 1.82) is 0 Å². The molecule has 2 rings (SSSR count). The molecule has 5 heteroatoms. The molecule has 0 fully saturated rings. The van der Waals surface area contributed by atoms with E-state index < -0.39 is 0 Å². The van der Waals surface area contributed by atoms with E-state index in [1.54, 1.807) is 37.3 Å². The summed E-state index contributed by atoms with van der Waals surface area (Å²) >= 11 is 6.00. The highest BCUT2D eigenvalue weighted by molar-refractivity contribution is 6.34. The number of hydrogen-bond acceptors (Lipinski definition) is 3. The Morgan fingerprint density at radius 3 is 2.53 bits per heavy atom. The second kappa shape index (κ2) is 5.63. The first-order valence-corrected chi connectivity index (χ1v) is 5.99. The molecule has 0 aliphatic carbocycles. The Bertz CT molecular complexity index is 627. The van der Waals surface area contributed by atoms with E-state index in [2.05, 4.69) is 10.5 Å². The van der Waals surface area contributed by atoms with Gasteiger partial charge in [-0.1, -0.05) is 29.8 Å². The molecule has 96 valence electrons. The van der Waals surface area contributed by atoms with Crippen LogP contribution in [0.4, 0.5) is 11.4 Å². The van der Waals surface area contributed by atoms with E-state index in [0.717, 1.165) is 0 Å². The molecule has 0 saturated heterocycles. The molecule has 4 nitrogen and oxygen atoms in total. The lowest BCUT2D eigenvalue weighted by atomic mass is 10.1. The molecule has 0 atom stereocenters. The van der Waals surface area contributed by atoms with Crippen LogP contribution in [0.3, 0.4) is 0 Å². The number of benzene rings is 2. The van der Waals surface area contributed by atoms with Crippen LogP contribution in [-0.2, 0) is 0 Å². The predicted octanol–water partition coefficient (Wildman–Crippen LogP) is 4.30. The number of carbonyl (C=O) groups is 1. The molecule has 1 amide bonds. The van der Waals surface area contributed by atoms with Crippen molar-refractivity contribution >= 4 is 28.9 Å². The second-order valence-corrected chi connectivity index (χ2v) is 4.44. The number of nitroso groups, excluding NO2 is 1. The zero-order chi connectivity index (χ0) is 13.8.